The monoisotopic (exact) mass is 341 g/mol. The Hall–Kier alpha value is 0.01000. The first kappa shape index (κ1) is 15.4. The maximum absolute atomic E-state index is 3.60. The van der Waals surface area contributed by atoms with E-state index in [1.165, 1.54) is 46.4 Å². The van der Waals surface area contributed by atoms with E-state index in [0.29, 0.717) is 6.04 Å². The number of hydrogen-bond acceptors (Lipinski definition) is 2. The molecule has 0 radical (unpaired) electrons. The van der Waals surface area contributed by atoms with E-state index in [1.54, 1.807) is 0 Å². The molecule has 3 heteroatoms. The average molecular weight is 342 g/mol. The van der Waals surface area contributed by atoms with Gasteiger partial charge in [0.25, 0.3) is 0 Å². The SMILES string of the molecule is CCNC(C)c1cc(Br)ccc1SCC1CCCC1. The first-order chi connectivity index (χ1) is 9.20. The third kappa shape index (κ3) is 4.51. The zero-order valence-electron chi connectivity index (χ0n) is 11.9. The van der Waals surface area contributed by atoms with Crippen molar-refractivity contribution in [3.63, 3.8) is 0 Å². The minimum atomic E-state index is 0.425. The van der Waals surface area contributed by atoms with E-state index in [-0.39, 0.29) is 0 Å². The highest BCUT2D eigenvalue weighted by Crippen LogP contribution is 2.35. The van der Waals surface area contributed by atoms with Crippen molar-refractivity contribution < 1.29 is 0 Å². The summed E-state index contributed by atoms with van der Waals surface area (Å²) in [6.45, 7) is 5.44. The summed E-state index contributed by atoms with van der Waals surface area (Å²) in [5, 5.41) is 3.52. The fourth-order valence-corrected chi connectivity index (χ4v) is 4.48. The fourth-order valence-electron chi connectivity index (χ4n) is 2.79. The number of benzene rings is 1. The van der Waals surface area contributed by atoms with Crippen LogP contribution in [0.25, 0.3) is 0 Å². The van der Waals surface area contributed by atoms with Crippen LogP contribution >= 0.6 is 27.7 Å². The molecule has 0 saturated heterocycles. The van der Waals surface area contributed by atoms with Crippen molar-refractivity contribution in [2.75, 3.05) is 12.3 Å². The van der Waals surface area contributed by atoms with Crippen LogP contribution in [0.3, 0.4) is 0 Å². The Balaban J connectivity index is 2.04. The van der Waals surface area contributed by atoms with Gasteiger partial charge in [0.1, 0.15) is 0 Å². The van der Waals surface area contributed by atoms with Crippen molar-refractivity contribution in [2.45, 2.75) is 50.5 Å². The van der Waals surface area contributed by atoms with Gasteiger partial charge in [0.15, 0.2) is 0 Å². The molecule has 0 spiro atoms. The van der Waals surface area contributed by atoms with Crippen LogP contribution in [0.2, 0.25) is 0 Å². The Labute approximate surface area is 130 Å². The van der Waals surface area contributed by atoms with Gasteiger partial charge in [-0.3, -0.25) is 0 Å². The van der Waals surface area contributed by atoms with Crippen molar-refractivity contribution in [3.8, 4) is 0 Å². The lowest BCUT2D eigenvalue weighted by molar-refractivity contribution is 0.588. The van der Waals surface area contributed by atoms with Crippen molar-refractivity contribution in [2.24, 2.45) is 5.92 Å². The van der Waals surface area contributed by atoms with Crippen LogP contribution in [0.4, 0.5) is 0 Å². The van der Waals surface area contributed by atoms with E-state index in [9.17, 15) is 0 Å². The maximum Gasteiger partial charge on any atom is 0.0303 e. The van der Waals surface area contributed by atoms with Gasteiger partial charge >= 0.3 is 0 Å². The summed E-state index contributed by atoms with van der Waals surface area (Å²) in [7, 11) is 0. The molecule has 0 amide bonds. The van der Waals surface area contributed by atoms with E-state index in [2.05, 4.69) is 53.3 Å². The van der Waals surface area contributed by atoms with E-state index in [0.717, 1.165) is 12.5 Å². The lowest BCUT2D eigenvalue weighted by atomic mass is 10.1. The zero-order chi connectivity index (χ0) is 13.7. The first-order valence-electron chi connectivity index (χ1n) is 7.36. The number of thioether (sulfide) groups is 1. The molecule has 1 aliphatic carbocycles. The molecule has 1 N–H and O–H groups in total. The van der Waals surface area contributed by atoms with Gasteiger partial charge in [-0.05, 0) is 56.0 Å². The molecule has 1 saturated carbocycles. The van der Waals surface area contributed by atoms with Crippen LogP contribution in [0.15, 0.2) is 27.6 Å². The third-order valence-electron chi connectivity index (χ3n) is 3.90. The van der Waals surface area contributed by atoms with Crippen molar-refractivity contribution in [1.82, 2.24) is 5.32 Å². The highest BCUT2D eigenvalue weighted by Gasteiger charge is 2.17. The molecule has 106 valence electrons. The summed E-state index contributed by atoms with van der Waals surface area (Å²) in [6, 6.07) is 7.13. The number of halogens is 1. The lowest BCUT2D eigenvalue weighted by Crippen LogP contribution is -2.18. The zero-order valence-corrected chi connectivity index (χ0v) is 14.3. The summed E-state index contributed by atoms with van der Waals surface area (Å²) in [6.07, 6.45) is 5.74. The van der Waals surface area contributed by atoms with Crippen LogP contribution < -0.4 is 5.32 Å². The highest BCUT2D eigenvalue weighted by atomic mass is 79.9. The van der Waals surface area contributed by atoms with Gasteiger partial charge in [-0.15, -0.1) is 11.8 Å². The fraction of sp³-hybridized carbons (Fsp3) is 0.625. The minimum Gasteiger partial charge on any atom is -0.310 e. The second-order valence-electron chi connectivity index (χ2n) is 5.42. The summed E-state index contributed by atoms with van der Waals surface area (Å²) in [5.41, 5.74) is 1.43. The molecule has 1 atom stereocenters. The molecular formula is C16H24BrNS. The number of hydrogen-bond donors (Lipinski definition) is 1. The number of nitrogens with one attached hydrogen (secondary N) is 1. The molecule has 1 unspecified atom stereocenters. The Morgan fingerprint density at radius 3 is 2.79 bits per heavy atom. The Morgan fingerprint density at radius 2 is 2.11 bits per heavy atom. The highest BCUT2D eigenvalue weighted by molar-refractivity contribution is 9.10. The van der Waals surface area contributed by atoms with Crippen LogP contribution in [-0.2, 0) is 0 Å². The minimum absolute atomic E-state index is 0.425. The Bertz CT molecular complexity index is 402. The molecule has 0 bridgehead atoms. The van der Waals surface area contributed by atoms with Gasteiger partial charge in [0.05, 0.1) is 0 Å². The molecule has 1 aromatic rings. The predicted octanol–water partition coefficient (Wildman–Crippen LogP) is 5.40. The van der Waals surface area contributed by atoms with E-state index in [4.69, 9.17) is 0 Å². The van der Waals surface area contributed by atoms with Crippen LogP contribution in [0, 0.1) is 5.92 Å². The maximum atomic E-state index is 3.60. The molecule has 0 aromatic heterocycles. The van der Waals surface area contributed by atoms with Gasteiger partial charge in [-0.1, -0.05) is 35.7 Å². The van der Waals surface area contributed by atoms with E-state index in [1.807, 2.05) is 11.8 Å². The van der Waals surface area contributed by atoms with Gasteiger partial charge in [-0.2, -0.15) is 0 Å². The predicted molar refractivity (Wildman–Crippen MR) is 88.9 cm³/mol. The van der Waals surface area contributed by atoms with Gasteiger partial charge in [0.2, 0.25) is 0 Å². The molecule has 0 heterocycles. The normalized spacial score (nSPS) is 17.8. The van der Waals surface area contributed by atoms with Crippen molar-refractivity contribution in [1.29, 1.82) is 0 Å². The second kappa shape index (κ2) is 7.70. The van der Waals surface area contributed by atoms with Crippen molar-refractivity contribution >= 4 is 27.7 Å². The molecular weight excluding hydrogens is 318 g/mol. The summed E-state index contributed by atoms with van der Waals surface area (Å²) in [4.78, 5) is 1.45. The van der Waals surface area contributed by atoms with Gasteiger partial charge in [0, 0.05) is 21.2 Å². The second-order valence-corrected chi connectivity index (χ2v) is 7.40. The van der Waals surface area contributed by atoms with Crippen LogP contribution in [-0.4, -0.2) is 12.3 Å². The summed E-state index contributed by atoms with van der Waals surface area (Å²) in [5.74, 6) is 2.23. The Morgan fingerprint density at radius 1 is 1.37 bits per heavy atom. The average Bonchev–Trinajstić information content (AvgIpc) is 2.90. The number of rotatable bonds is 6. The molecule has 1 aliphatic rings. The quantitative estimate of drug-likeness (QED) is 0.695. The molecule has 0 aliphatic heterocycles. The smallest absolute Gasteiger partial charge is 0.0303 e. The summed E-state index contributed by atoms with van der Waals surface area (Å²) >= 11 is 5.64. The standard InChI is InChI=1S/C16H24BrNS/c1-3-18-12(2)15-10-14(17)8-9-16(15)19-11-13-6-4-5-7-13/h8-10,12-13,18H,3-7,11H2,1-2H3. The van der Waals surface area contributed by atoms with Gasteiger partial charge < -0.3 is 5.32 Å². The molecule has 2 rings (SSSR count). The van der Waals surface area contributed by atoms with Crippen LogP contribution in [0.1, 0.15) is 51.1 Å². The van der Waals surface area contributed by atoms with E-state index >= 15 is 0 Å². The topological polar surface area (TPSA) is 12.0 Å². The molecule has 1 nitrogen and oxygen atoms in total. The van der Waals surface area contributed by atoms with E-state index < -0.39 is 0 Å². The molecule has 1 fully saturated rings. The largest absolute Gasteiger partial charge is 0.310 e. The first-order valence-corrected chi connectivity index (χ1v) is 9.14. The third-order valence-corrected chi connectivity index (χ3v) is 5.71. The van der Waals surface area contributed by atoms with Crippen LogP contribution in [0.5, 0.6) is 0 Å². The van der Waals surface area contributed by atoms with Gasteiger partial charge in [-0.25, -0.2) is 0 Å². The lowest BCUT2D eigenvalue weighted by Gasteiger charge is -2.18. The molecule has 1 aromatic carbocycles. The van der Waals surface area contributed by atoms with Crippen molar-refractivity contribution in [3.05, 3.63) is 28.2 Å². The summed E-state index contributed by atoms with van der Waals surface area (Å²) < 4.78 is 1.18. The molecule has 19 heavy (non-hydrogen) atoms. The Kier molecular flexibility index (Phi) is 6.24.